The fourth-order valence-electron chi connectivity index (χ4n) is 6.06. The van der Waals surface area contributed by atoms with Gasteiger partial charge in [-0.05, 0) is 55.1 Å². The highest BCUT2D eigenvalue weighted by Gasteiger charge is 2.41. The Morgan fingerprint density at radius 1 is 1.08 bits per heavy atom. The van der Waals surface area contributed by atoms with Gasteiger partial charge in [0.15, 0.2) is 18.2 Å². The van der Waals surface area contributed by atoms with Gasteiger partial charge in [0.2, 0.25) is 0 Å². The fraction of sp³-hybridized carbons (Fsp3) is 0.385. The Balaban J connectivity index is 1.06. The Kier molecular flexibility index (Phi) is 4.97. The number of piperidine rings is 1. The van der Waals surface area contributed by atoms with E-state index in [2.05, 4.69) is 15.2 Å². The molecule has 11 heteroatoms. The summed E-state index contributed by atoms with van der Waals surface area (Å²) < 4.78 is 27.5. The topological polar surface area (TPSA) is 106 Å². The Hall–Kier alpha value is -3.99. The third kappa shape index (κ3) is 3.64. The standard InChI is InChI=1S/C26H24FN5O5/c27-18-3-1-14-2-6-23(34)32-16(9-17(18)24(14)32)11-30-8-7-15-10-31(26(35)37-20(15)12-30)21-5-4-19-25(28-21)29-22(33)13-36-19/h1-6,15-16,20H,7-13H2,(H,28,29,33)/t15-,16-,20+/m1/s1. The SMILES string of the molecule is O=C1COc2ccc(N3C[C@H]4CCN(C[C@H]5Cc6c(F)ccc7ccc(=O)n5c67)C[C@@H]4OC3=O)nc2N1. The number of ether oxygens (including phenoxy) is 2. The highest BCUT2D eigenvalue weighted by Crippen LogP contribution is 2.36. The molecule has 4 aliphatic rings. The van der Waals surface area contributed by atoms with Gasteiger partial charge in [0, 0.05) is 37.2 Å². The average Bonchev–Trinajstić information content (AvgIpc) is 3.28. The van der Waals surface area contributed by atoms with E-state index in [9.17, 15) is 18.8 Å². The minimum atomic E-state index is -0.491. The molecule has 4 aliphatic heterocycles. The highest BCUT2D eigenvalue weighted by molar-refractivity contribution is 5.95. The van der Waals surface area contributed by atoms with E-state index in [1.54, 1.807) is 34.9 Å². The molecular formula is C26H24FN5O5. The van der Waals surface area contributed by atoms with Crippen LogP contribution in [0.3, 0.4) is 0 Å². The minimum absolute atomic E-state index is 0.0638. The van der Waals surface area contributed by atoms with Gasteiger partial charge in [-0.2, -0.15) is 0 Å². The van der Waals surface area contributed by atoms with Gasteiger partial charge in [0.25, 0.3) is 11.5 Å². The summed E-state index contributed by atoms with van der Waals surface area (Å²) >= 11 is 0. The van der Waals surface area contributed by atoms with Crippen molar-refractivity contribution in [3.05, 3.63) is 58.1 Å². The summed E-state index contributed by atoms with van der Waals surface area (Å²) in [7, 11) is 0. The first kappa shape index (κ1) is 22.2. The van der Waals surface area contributed by atoms with Crippen LogP contribution in [-0.2, 0) is 16.0 Å². The van der Waals surface area contributed by atoms with Crippen molar-refractivity contribution in [3.8, 4) is 5.75 Å². The second-order valence-electron chi connectivity index (χ2n) is 10.1. The number of rotatable bonds is 3. The smallest absolute Gasteiger partial charge is 0.415 e. The van der Waals surface area contributed by atoms with Crippen LogP contribution in [-0.4, -0.2) is 65.3 Å². The number of hydrogen-bond acceptors (Lipinski definition) is 7. The van der Waals surface area contributed by atoms with Crippen molar-refractivity contribution < 1.29 is 23.5 Å². The number of halogens is 1. The number of carbonyl (C=O) groups excluding carboxylic acids is 2. The lowest BCUT2D eigenvalue weighted by atomic mass is 9.91. The summed E-state index contributed by atoms with van der Waals surface area (Å²) in [5.41, 5.74) is 1.15. The molecule has 37 heavy (non-hydrogen) atoms. The lowest BCUT2D eigenvalue weighted by Crippen LogP contribution is -2.56. The van der Waals surface area contributed by atoms with Crippen molar-refractivity contribution >= 4 is 34.5 Å². The molecule has 0 saturated carbocycles. The van der Waals surface area contributed by atoms with Gasteiger partial charge in [0.1, 0.15) is 17.7 Å². The number of amides is 2. The second-order valence-corrected chi connectivity index (χ2v) is 10.1. The number of nitrogens with one attached hydrogen (secondary N) is 1. The van der Waals surface area contributed by atoms with Crippen LogP contribution in [0.2, 0.25) is 0 Å². The van der Waals surface area contributed by atoms with Crippen molar-refractivity contribution in [1.82, 2.24) is 14.5 Å². The molecule has 7 rings (SSSR count). The lowest BCUT2D eigenvalue weighted by molar-refractivity contribution is -0.118. The number of likely N-dealkylation sites (tertiary alicyclic amines) is 1. The number of fused-ring (bicyclic) bond motifs is 2. The summed E-state index contributed by atoms with van der Waals surface area (Å²) in [5.74, 6) is 0.686. The van der Waals surface area contributed by atoms with Crippen molar-refractivity contribution in [2.75, 3.05) is 43.0 Å². The third-order valence-corrected chi connectivity index (χ3v) is 7.82. The fourth-order valence-corrected chi connectivity index (χ4v) is 6.06. The first-order chi connectivity index (χ1) is 17.9. The maximum Gasteiger partial charge on any atom is 0.415 e. The van der Waals surface area contributed by atoms with E-state index >= 15 is 0 Å². The molecule has 6 heterocycles. The van der Waals surface area contributed by atoms with Crippen LogP contribution in [0.25, 0.3) is 10.9 Å². The number of carbonyl (C=O) groups is 2. The summed E-state index contributed by atoms with van der Waals surface area (Å²) in [5, 5.41) is 3.53. The van der Waals surface area contributed by atoms with Gasteiger partial charge in [0.05, 0.1) is 11.6 Å². The molecular weight excluding hydrogens is 481 g/mol. The summed E-state index contributed by atoms with van der Waals surface area (Å²) in [6.07, 6.45) is 0.484. The Morgan fingerprint density at radius 2 is 1.95 bits per heavy atom. The molecule has 10 nitrogen and oxygen atoms in total. The van der Waals surface area contributed by atoms with Crippen LogP contribution >= 0.6 is 0 Å². The molecule has 0 spiro atoms. The maximum atomic E-state index is 14.6. The second kappa shape index (κ2) is 8.27. The molecule has 3 aromatic rings. The third-order valence-electron chi connectivity index (χ3n) is 7.82. The van der Waals surface area contributed by atoms with E-state index in [1.165, 1.54) is 11.0 Å². The number of nitrogens with zero attached hydrogens (tertiary/aromatic N) is 4. The quantitative estimate of drug-likeness (QED) is 0.582. The van der Waals surface area contributed by atoms with Gasteiger partial charge < -0.3 is 19.4 Å². The van der Waals surface area contributed by atoms with Gasteiger partial charge >= 0.3 is 6.09 Å². The Morgan fingerprint density at radius 3 is 2.84 bits per heavy atom. The zero-order valence-electron chi connectivity index (χ0n) is 19.9. The van der Waals surface area contributed by atoms with E-state index in [0.29, 0.717) is 48.7 Å². The summed E-state index contributed by atoms with van der Waals surface area (Å²) in [6.45, 7) is 2.28. The normalized spacial score (nSPS) is 24.8. The monoisotopic (exact) mass is 505 g/mol. The number of aromatic nitrogens is 2. The molecule has 2 saturated heterocycles. The van der Waals surface area contributed by atoms with Crippen molar-refractivity contribution in [2.24, 2.45) is 5.92 Å². The van der Waals surface area contributed by atoms with E-state index < -0.39 is 6.09 Å². The van der Waals surface area contributed by atoms with Gasteiger partial charge in [-0.25, -0.2) is 14.2 Å². The Labute approximate surface area is 210 Å². The van der Waals surface area contributed by atoms with E-state index in [4.69, 9.17) is 9.47 Å². The van der Waals surface area contributed by atoms with Crippen LogP contribution < -0.4 is 20.5 Å². The van der Waals surface area contributed by atoms with Crippen LogP contribution in [0.1, 0.15) is 18.0 Å². The number of pyridine rings is 2. The van der Waals surface area contributed by atoms with Gasteiger partial charge in [-0.1, -0.05) is 0 Å². The predicted octanol–water partition coefficient (Wildman–Crippen LogP) is 2.31. The van der Waals surface area contributed by atoms with Crippen molar-refractivity contribution in [3.63, 3.8) is 0 Å². The van der Waals surface area contributed by atoms with E-state index in [0.717, 1.165) is 18.4 Å². The van der Waals surface area contributed by atoms with Crippen molar-refractivity contribution in [2.45, 2.75) is 25.0 Å². The molecule has 3 atom stereocenters. The first-order valence-electron chi connectivity index (χ1n) is 12.4. The van der Waals surface area contributed by atoms with Crippen LogP contribution in [0, 0.1) is 11.7 Å². The van der Waals surface area contributed by atoms with Crippen LogP contribution in [0.4, 0.5) is 20.8 Å². The molecule has 0 aliphatic carbocycles. The lowest BCUT2D eigenvalue weighted by Gasteiger charge is -2.44. The molecule has 190 valence electrons. The number of benzene rings is 1. The van der Waals surface area contributed by atoms with Gasteiger partial charge in [-0.3, -0.25) is 19.4 Å². The predicted molar refractivity (Wildman–Crippen MR) is 131 cm³/mol. The minimum Gasteiger partial charge on any atom is -0.480 e. The van der Waals surface area contributed by atoms with Gasteiger partial charge in [-0.15, -0.1) is 0 Å². The molecule has 0 bridgehead atoms. The molecule has 1 N–H and O–H groups in total. The molecule has 0 unspecified atom stereocenters. The number of hydrogen-bond donors (Lipinski definition) is 1. The molecule has 2 fully saturated rings. The van der Waals surface area contributed by atoms with Crippen molar-refractivity contribution in [1.29, 1.82) is 0 Å². The molecule has 2 aromatic heterocycles. The summed E-state index contributed by atoms with van der Waals surface area (Å²) in [4.78, 5) is 45.4. The number of anilines is 2. The summed E-state index contributed by atoms with van der Waals surface area (Å²) in [6, 6.07) is 9.66. The molecule has 1 aromatic carbocycles. The van der Waals surface area contributed by atoms with E-state index in [1.807, 2.05) is 0 Å². The van der Waals surface area contributed by atoms with Crippen LogP contribution in [0.5, 0.6) is 5.75 Å². The zero-order valence-corrected chi connectivity index (χ0v) is 19.9. The maximum absolute atomic E-state index is 14.6. The average molecular weight is 506 g/mol. The Bertz CT molecular complexity index is 1520. The van der Waals surface area contributed by atoms with E-state index in [-0.39, 0.29) is 47.8 Å². The first-order valence-corrected chi connectivity index (χ1v) is 12.4. The molecule has 0 radical (unpaired) electrons. The zero-order chi connectivity index (χ0) is 25.3. The molecule has 2 amide bonds. The highest BCUT2D eigenvalue weighted by atomic mass is 19.1. The largest absolute Gasteiger partial charge is 0.480 e. The van der Waals surface area contributed by atoms with Crippen LogP contribution in [0.15, 0.2) is 41.2 Å².